The molecule has 2 aliphatic rings. The number of rotatable bonds is 1. The Balaban J connectivity index is 1.96. The van der Waals surface area contributed by atoms with Gasteiger partial charge < -0.3 is 14.8 Å². The van der Waals surface area contributed by atoms with E-state index in [1.54, 1.807) is 0 Å². The van der Waals surface area contributed by atoms with E-state index in [2.05, 4.69) is 11.4 Å². The van der Waals surface area contributed by atoms with Gasteiger partial charge in [0.15, 0.2) is 11.5 Å². The molecule has 0 aliphatic carbocycles. The van der Waals surface area contributed by atoms with Crippen LogP contribution >= 0.6 is 0 Å². The van der Waals surface area contributed by atoms with Gasteiger partial charge in [0.1, 0.15) is 0 Å². The van der Waals surface area contributed by atoms with E-state index in [0.29, 0.717) is 13.2 Å². The fraction of sp³-hybridized carbons (Fsp3) is 0.533. The van der Waals surface area contributed by atoms with Gasteiger partial charge in [-0.1, -0.05) is 6.07 Å². The van der Waals surface area contributed by atoms with Gasteiger partial charge in [0.2, 0.25) is 0 Å². The smallest absolute Gasteiger partial charge is 0.161 e. The molecule has 0 bridgehead atoms. The number of benzene rings is 1. The topological polar surface area (TPSA) is 54.3 Å². The average molecular weight is 258 g/mol. The van der Waals surface area contributed by atoms with Gasteiger partial charge in [-0.3, -0.25) is 0 Å². The molecule has 1 fully saturated rings. The standard InChI is InChI=1S/C15H18N2O2/c16-11-15(4-6-17-7-5-15)12-2-3-13-14(10-12)19-9-1-8-18-13/h2-3,10,17H,1,4-9H2. The Morgan fingerprint density at radius 2 is 1.84 bits per heavy atom. The minimum absolute atomic E-state index is 0.379. The summed E-state index contributed by atoms with van der Waals surface area (Å²) in [6.07, 6.45) is 2.60. The van der Waals surface area contributed by atoms with E-state index in [-0.39, 0.29) is 5.41 Å². The van der Waals surface area contributed by atoms with Crippen LogP contribution in [0.2, 0.25) is 0 Å². The number of hydrogen-bond acceptors (Lipinski definition) is 4. The lowest BCUT2D eigenvalue weighted by molar-refractivity contribution is 0.296. The Labute approximate surface area is 113 Å². The fourth-order valence-corrected chi connectivity index (χ4v) is 2.78. The molecule has 100 valence electrons. The number of nitrogens with one attached hydrogen (secondary N) is 1. The molecule has 0 spiro atoms. The van der Waals surface area contributed by atoms with E-state index in [9.17, 15) is 5.26 Å². The van der Waals surface area contributed by atoms with Gasteiger partial charge in [0.05, 0.1) is 24.7 Å². The summed E-state index contributed by atoms with van der Waals surface area (Å²) in [4.78, 5) is 0. The highest BCUT2D eigenvalue weighted by molar-refractivity contribution is 5.47. The van der Waals surface area contributed by atoms with Crippen LogP contribution < -0.4 is 14.8 Å². The van der Waals surface area contributed by atoms with Crippen molar-refractivity contribution in [1.29, 1.82) is 5.26 Å². The Morgan fingerprint density at radius 1 is 1.11 bits per heavy atom. The Morgan fingerprint density at radius 3 is 2.58 bits per heavy atom. The van der Waals surface area contributed by atoms with Crippen LogP contribution in [-0.2, 0) is 5.41 Å². The second kappa shape index (κ2) is 5.10. The summed E-state index contributed by atoms with van der Waals surface area (Å²) >= 11 is 0. The quantitative estimate of drug-likeness (QED) is 0.837. The number of fused-ring (bicyclic) bond motifs is 1. The molecule has 1 aromatic rings. The zero-order chi connectivity index (χ0) is 13.1. The van der Waals surface area contributed by atoms with E-state index in [1.165, 1.54) is 0 Å². The summed E-state index contributed by atoms with van der Waals surface area (Å²) < 4.78 is 11.4. The maximum Gasteiger partial charge on any atom is 0.161 e. The van der Waals surface area contributed by atoms with Crippen LogP contribution in [0.3, 0.4) is 0 Å². The number of piperidine rings is 1. The van der Waals surface area contributed by atoms with Crippen LogP contribution in [0.15, 0.2) is 18.2 Å². The van der Waals surface area contributed by atoms with Crippen LogP contribution in [0.25, 0.3) is 0 Å². The molecule has 0 amide bonds. The van der Waals surface area contributed by atoms with E-state index in [0.717, 1.165) is 49.4 Å². The Bertz CT molecular complexity index is 501. The molecule has 0 radical (unpaired) electrons. The molecule has 0 saturated carbocycles. The SMILES string of the molecule is N#CC1(c2ccc3c(c2)OCCCO3)CCNCC1. The van der Waals surface area contributed by atoms with E-state index >= 15 is 0 Å². The summed E-state index contributed by atoms with van der Waals surface area (Å²) in [5.74, 6) is 1.58. The monoisotopic (exact) mass is 258 g/mol. The summed E-state index contributed by atoms with van der Waals surface area (Å²) in [6, 6.07) is 8.47. The molecule has 1 aromatic carbocycles. The molecule has 1 saturated heterocycles. The van der Waals surface area contributed by atoms with Crippen LogP contribution in [0.4, 0.5) is 0 Å². The lowest BCUT2D eigenvalue weighted by Crippen LogP contribution is -2.38. The Kier molecular flexibility index (Phi) is 3.31. The largest absolute Gasteiger partial charge is 0.490 e. The van der Waals surface area contributed by atoms with Crippen molar-refractivity contribution in [3.05, 3.63) is 23.8 Å². The molecule has 0 unspecified atom stereocenters. The lowest BCUT2D eigenvalue weighted by Gasteiger charge is -2.32. The van der Waals surface area contributed by atoms with Crippen molar-refractivity contribution < 1.29 is 9.47 Å². The molecule has 2 aliphatic heterocycles. The van der Waals surface area contributed by atoms with Crippen molar-refractivity contribution in [3.63, 3.8) is 0 Å². The summed E-state index contributed by atoms with van der Waals surface area (Å²) in [7, 11) is 0. The van der Waals surface area contributed by atoms with Gasteiger partial charge in [0, 0.05) is 6.42 Å². The van der Waals surface area contributed by atoms with E-state index in [1.807, 2.05) is 18.2 Å². The van der Waals surface area contributed by atoms with E-state index in [4.69, 9.17) is 9.47 Å². The molecule has 2 heterocycles. The van der Waals surface area contributed by atoms with Crippen LogP contribution in [0.5, 0.6) is 11.5 Å². The highest BCUT2D eigenvalue weighted by Crippen LogP contribution is 2.38. The first-order chi connectivity index (χ1) is 9.34. The van der Waals surface area contributed by atoms with Crippen molar-refractivity contribution in [2.24, 2.45) is 0 Å². The highest BCUT2D eigenvalue weighted by Gasteiger charge is 2.34. The van der Waals surface area contributed by atoms with Crippen molar-refractivity contribution in [1.82, 2.24) is 5.32 Å². The molecule has 1 N–H and O–H groups in total. The molecule has 4 heteroatoms. The summed E-state index contributed by atoms with van der Waals surface area (Å²) in [5.41, 5.74) is 0.677. The Hall–Kier alpha value is -1.73. The summed E-state index contributed by atoms with van der Waals surface area (Å²) in [6.45, 7) is 3.15. The first-order valence-corrected chi connectivity index (χ1v) is 6.86. The molecular formula is C15H18N2O2. The molecule has 19 heavy (non-hydrogen) atoms. The predicted octanol–water partition coefficient (Wildman–Crippen LogP) is 1.99. The maximum atomic E-state index is 9.60. The minimum atomic E-state index is -0.379. The van der Waals surface area contributed by atoms with Gasteiger partial charge in [-0.2, -0.15) is 5.26 Å². The predicted molar refractivity (Wildman–Crippen MR) is 71.4 cm³/mol. The molecule has 4 nitrogen and oxygen atoms in total. The molecular weight excluding hydrogens is 240 g/mol. The fourth-order valence-electron chi connectivity index (χ4n) is 2.78. The number of nitrogens with zero attached hydrogens (tertiary/aromatic N) is 1. The van der Waals surface area contributed by atoms with Crippen LogP contribution in [0.1, 0.15) is 24.8 Å². The van der Waals surface area contributed by atoms with Crippen molar-refractivity contribution in [3.8, 4) is 17.6 Å². The zero-order valence-electron chi connectivity index (χ0n) is 10.9. The molecule has 0 atom stereocenters. The van der Waals surface area contributed by atoms with Gasteiger partial charge in [-0.25, -0.2) is 0 Å². The molecule has 3 rings (SSSR count). The third-order valence-corrected chi connectivity index (χ3v) is 3.97. The van der Waals surface area contributed by atoms with Gasteiger partial charge >= 0.3 is 0 Å². The van der Waals surface area contributed by atoms with Crippen molar-refractivity contribution in [2.75, 3.05) is 26.3 Å². The van der Waals surface area contributed by atoms with Crippen LogP contribution in [0, 0.1) is 11.3 Å². The first kappa shape index (κ1) is 12.3. The zero-order valence-corrected chi connectivity index (χ0v) is 10.9. The maximum absolute atomic E-state index is 9.60. The second-order valence-corrected chi connectivity index (χ2v) is 5.16. The van der Waals surface area contributed by atoms with E-state index < -0.39 is 0 Å². The van der Waals surface area contributed by atoms with Crippen molar-refractivity contribution >= 4 is 0 Å². The summed E-state index contributed by atoms with van der Waals surface area (Å²) in [5, 5.41) is 12.9. The minimum Gasteiger partial charge on any atom is -0.490 e. The van der Waals surface area contributed by atoms with Gasteiger partial charge in [0.25, 0.3) is 0 Å². The van der Waals surface area contributed by atoms with Gasteiger partial charge in [-0.15, -0.1) is 0 Å². The second-order valence-electron chi connectivity index (χ2n) is 5.16. The molecule has 0 aromatic heterocycles. The third kappa shape index (κ3) is 2.26. The van der Waals surface area contributed by atoms with Crippen LogP contribution in [-0.4, -0.2) is 26.3 Å². The lowest BCUT2D eigenvalue weighted by atomic mass is 9.74. The highest BCUT2D eigenvalue weighted by atomic mass is 16.5. The average Bonchev–Trinajstić information content (AvgIpc) is 2.72. The first-order valence-electron chi connectivity index (χ1n) is 6.86. The third-order valence-electron chi connectivity index (χ3n) is 3.97. The number of hydrogen-bond donors (Lipinski definition) is 1. The normalized spacial score (nSPS) is 21.2. The number of nitriles is 1. The number of ether oxygens (including phenoxy) is 2. The van der Waals surface area contributed by atoms with Gasteiger partial charge in [-0.05, 0) is 43.6 Å². The van der Waals surface area contributed by atoms with Crippen molar-refractivity contribution in [2.45, 2.75) is 24.7 Å².